The zero-order valence-electron chi connectivity index (χ0n) is 15.3. The first-order valence-electron chi connectivity index (χ1n) is 8.53. The van der Waals surface area contributed by atoms with Crippen LogP contribution in [0.25, 0.3) is 0 Å². The second-order valence-electron chi connectivity index (χ2n) is 6.77. The molecule has 0 spiro atoms. The lowest BCUT2D eigenvalue weighted by atomic mass is 10.1. The molecule has 1 atom stereocenters. The molecule has 1 aromatic carbocycles. The Balaban J connectivity index is 1.98. The SMILES string of the molecule is COCCN(Cc1ccc(C)cc1)C(=O)CN(C)[C@H]1CCS(=O)(=O)C1. The van der Waals surface area contributed by atoms with Crippen LogP contribution in [0.2, 0.25) is 0 Å². The summed E-state index contributed by atoms with van der Waals surface area (Å²) >= 11 is 0. The van der Waals surface area contributed by atoms with Crippen molar-refractivity contribution in [3.63, 3.8) is 0 Å². The van der Waals surface area contributed by atoms with E-state index < -0.39 is 9.84 Å². The van der Waals surface area contributed by atoms with Gasteiger partial charge in [-0.3, -0.25) is 9.69 Å². The fourth-order valence-corrected chi connectivity index (χ4v) is 4.78. The van der Waals surface area contributed by atoms with E-state index in [0.29, 0.717) is 26.1 Å². The molecule has 0 saturated carbocycles. The van der Waals surface area contributed by atoms with Crippen molar-refractivity contribution in [2.45, 2.75) is 25.9 Å². The van der Waals surface area contributed by atoms with Crippen LogP contribution in [0.5, 0.6) is 0 Å². The number of likely N-dealkylation sites (N-methyl/N-ethyl adjacent to an activating group) is 1. The molecule has 0 unspecified atom stereocenters. The smallest absolute Gasteiger partial charge is 0.237 e. The van der Waals surface area contributed by atoms with E-state index >= 15 is 0 Å². The summed E-state index contributed by atoms with van der Waals surface area (Å²) in [5.74, 6) is 0.351. The molecule has 1 fully saturated rings. The van der Waals surface area contributed by atoms with Gasteiger partial charge in [0, 0.05) is 26.2 Å². The molecule has 0 aromatic heterocycles. The van der Waals surface area contributed by atoms with E-state index in [0.717, 1.165) is 5.56 Å². The fourth-order valence-electron chi connectivity index (χ4n) is 2.97. The number of carbonyl (C=O) groups excluding carboxylic acids is 1. The zero-order valence-corrected chi connectivity index (χ0v) is 16.1. The summed E-state index contributed by atoms with van der Waals surface area (Å²) in [5, 5.41) is 0. The Bertz CT molecular complexity index is 673. The van der Waals surface area contributed by atoms with E-state index in [1.807, 2.05) is 43.1 Å². The minimum absolute atomic E-state index is 0.00979. The van der Waals surface area contributed by atoms with Gasteiger partial charge in [0.1, 0.15) is 0 Å². The average Bonchev–Trinajstić information content (AvgIpc) is 2.93. The van der Waals surface area contributed by atoms with Crippen molar-refractivity contribution in [2.75, 3.05) is 45.4 Å². The third-order valence-electron chi connectivity index (χ3n) is 4.63. The minimum atomic E-state index is -2.95. The lowest BCUT2D eigenvalue weighted by molar-refractivity contribution is -0.133. The number of carbonyl (C=O) groups is 1. The van der Waals surface area contributed by atoms with Crippen molar-refractivity contribution in [3.05, 3.63) is 35.4 Å². The predicted octanol–water partition coefficient (Wildman–Crippen LogP) is 1.09. The van der Waals surface area contributed by atoms with Crippen molar-refractivity contribution >= 4 is 15.7 Å². The summed E-state index contributed by atoms with van der Waals surface area (Å²) in [6, 6.07) is 8.04. The van der Waals surface area contributed by atoms with Crippen molar-refractivity contribution in [1.29, 1.82) is 0 Å². The molecule has 1 amide bonds. The maximum Gasteiger partial charge on any atom is 0.237 e. The van der Waals surface area contributed by atoms with Gasteiger partial charge in [0.25, 0.3) is 0 Å². The second-order valence-corrected chi connectivity index (χ2v) is 8.99. The molecule has 25 heavy (non-hydrogen) atoms. The normalized spacial score (nSPS) is 19.3. The number of methoxy groups -OCH3 is 1. The van der Waals surface area contributed by atoms with Crippen molar-refractivity contribution < 1.29 is 17.9 Å². The molecule has 1 heterocycles. The Labute approximate surface area is 150 Å². The van der Waals surface area contributed by atoms with Gasteiger partial charge in [-0.1, -0.05) is 29.8 Å². The molecule has 0 bridgehead atoms. The van der Waals surface area contributed by atoms with E-state index in [2.05, 4.69) is 0 Å². The van der Waals surface area contributed by atoms with Crippen LogP contribution in [-0.2, 0) is 25.9 Å². The number of nitrogens with zero attached hydrogens (tertiary/aromatic N) is 2. The van der Waals surface area contributed by atoms with Crippen LogP contribution in [-0.4, -0.2) is 75.5 Å². The van der Waals surface area contributed by atoms with Crippen LogP contribution >= 0.6 is 0 Å². The summed E-state index contributed by atoms with van der Waals surface area (Å²) < 4.78 is 28.4. The summed E-state index contributed by atoms with van der Waals surface area (Å²) in [4.78, 5) is 16.4. The molecule has 140 valence electrons. The lowest BCUT2D eigenvalue weighted by Gasteiger charge is -2.28. The highest BCUT2D eigenvalue weighted by molar-refractivity contribution is 7.91. The standard InChI is InChI=1S/C18H28N2O4S/c1-15-4-6-16(7-5-15)12-20(9-10-24-3)18(21)13-19(2)17-8-11-25(22,23)14-17/h4-7,17H,8-14H2,1-3H3/t17-/m0/s1. The summed E-state index contributed by atoms with van der Waals surface area (Å²) in [7, 11) is 0.488. The highest BCUT2D eigenvalue weighted by Crippen LogP contribution is 2.17. The van der Waals surface area contributed by atoms with Crippen LogP contribution in [0, 0.1) is 6.92 Å². The van der Waals surface area contributed by atoms with Gasteiger partial charge in [-0.05, 0) is 26.0 Å². The first kappa shape index (κ1) is 19.9. The van der Waals surface area contributed by atoms with Crippen LogP contribution in [0.3, 0.4) is 0 Å². The zero-order chi connectivity index (χ0) is 18.4. The van der Waals surface area contributed by atoms with Gasteiger partial charge >= 0.3 is 0 Å². The van der Waals surface area contributed by atoms with E-state index in [9.17, 15) is 13.2 Å². The van der Waals surface area contributed by atoms with Crippen molar-refractivity contribution in [3.8, 4) is 0 Å². The van der Waals surface area contributed by atoms with E-state index in [-0.39, 0.29) is 30.0 Å². The molecule has 1 aliphatic heterocycles. The van der Waals surface area contributed by atoms with Crippen LogP contribution < -0.4 is 0 Å². The largest absolute Gasteiger partial charge is 0.383 e. The number of sulfone groups is 1. The monoisotopic (exact) mass is 368 g/mol. The maximum absolute atomic E-state index is 12.7. The number of amides is 1. The summed E-state index contributed by atoms with van der Waals surface area (Å²) in [6.07, 6.45) is 0.599. The molecule has 1 aliphatic rings. The van der Waals surface area contributed by atoms with Gasteiger partial charge in [0.05, 0.1) is 24.7 Å². The predicted molar refractivity (Wildman–Crippen MR) is 98.2 cm³/mol. The highest BCUT2D eigenvalue weighted by Gasteiger charge is 2.31. The molecular formula is C18H28N2O4S. The number of ether oxygens (including phenoxy) is 1. The van der Waals surface area contributed by atoms with Crippen molar-refractivity contribution in [1.82, 2.24) is 9.80 Å². The Morgan fingerprint density at radius 3 is 2.52 bits per heavy atom. The van der Waals surface area contributed by atoms with Gasteiger partial charge in [-0.2, -0.15) is 0 Å². The van der Waals surface area contributed by atoms with E-state index in [1.54, 1.807) is 12.0 Å². The first-order valence-corrected chi connectivity index (χ1v) is 10.4. The average molecular weight is 368 g/mol. The fraction of sp³-hybridized carbons (Fsp3) is 0.611. The maximum atomic E-state index is 12.7. The van der Waals surface area contributed by atoms with Gasteiger partial charge in [-0.25, -0.2) is 8.42 Å². The summed E-state index contributed by atoms with van der Waals surface area (Å²) in [6.45, 7) is 3.76. The Morgan fingerprint density at radius 2 is 1.96 bits per heavy atom. The molecule has 0 N–H and O–H groups in total. The topological polar surface area (TPSA) is 66.9 Å². The molecule has 1 saturated heterocycles. The number of hydrogen-bond acceptors (Lipinski definition) is 5. The van der Waals surface area contributed by atoms with Crippen LogP contribution in [0.15, 0.2) is 24.3 Å². The van der Waals surface area contributed by atoms with Crippen molar-refractivity contribution in [2.24, 2.45) is 0 Å². The van der Waals surface area contributed by atoms with Gasteiger partial charge in [0.2, 0.25) is 5.91 Å². The third kappa shape index (κ3) is 6.09. The van der Waals surface area contributed by atoms with Gasteiger partial charge in [0.15, 0.2) is 9.84 Å². The second kappa shape index (κ2) is 8.78. The third-order valence-corrected chi connectivity index (χ3v) is 6.38. The van der Waals surface area contributed by atoms with E-state index in [1.165, 1.54) is 5.56 Å². The van der Waals surface area contributed by atoms with Gasteiger partial charge in [-0.15, -0.1) is 0 Å². The number of aryl methyl sites for hydroxylation is 1. The Kier molecular flexibility index (Phi) is 6.98. The number of rotatable bonds is 8. The Morgan fingerprint density at radius 1 is 1.28 bits per heavy atom. The molecule has 7 heteroatoms. The molecule has 0 radical (unpaired) electrons. The molecule has 0 aliphatic carbocycles. The van der Waals surface area contributed by atoms with E-state index in [4.69, 9.17) is 4.74 Å². The molecule has 6 nitrogen and oxygen atoms in total. The van der Waals surface area contributed by atoms with Crippen LogP contribution in [0.1, 0.15) is 17.5 Å². The molecular weight excluding hydrogens is 340 g/mol. The van der Waals surface area contributed by atoms with Gasteiger partial charge < -0.3 is 9.64 Å². The number of benzene rings is 1. The lowest BCUT2D eigenvalue weighted by Crippen LogP contribution is -2.44. The number of hydrogen-bond donors (Lipinski definition) is 0. The summed E-state index contributed by atoms with van der Waals surface area (Å²) in [5.41, 5.74) is 2.25. The molecule has 1 aromatic rings. The Hall–Kier alpha value is -1.44. The molecule has 2 rings (SSSR count). The quantitative estimate of drug-likeness (QED) is 0.687. The highest BCUT2D eigenvalue weighted by atomic mass is 32.2. The first-order chi connectivity index (χ1) is 11.8. The minimum Gasteiger partial charge on any atom is -0.383 e. The van der Waals surface area contributed by atoms with Crippen LogP contribution in [0.4, 0.5) is 0 Å².